The molecule has 1 amide bonds. The number of alkyl halides is 3. The van der Waals surface area contributed by atoms with E-state index in [1.807, 2.05) is 4.90 Å². The van der Waals surface area contributed by atoms with Crippen LogP contribution in [0.4, 0.5) is 28.9 Å². The van der Waals surface area contributed by atoms with Crippen molar-refractivity contribution in [3.63, 3.8) is 0 Å². The molecule has 0 atom stereocenters. The standard InChI is InChI=1S/C19H17ClF4N2O/c20-14-6-5-13(19(22,23)24)11-16(14)25-18(27)12-7-9-26(10-8-12)17-4-2-1-3-15(17)21/h1-6,11-12H,7-10H2,(H,25,27). The molecule has 0 aliphatic carbocycles. The number of rotatable bonds is 3. The lowest BCUT2D eigenvalue weighted by molar-refractivity contribution is -0.137. The van der Waals surface area contributed by atoms with Crippen LogP contribution in [0.1, 0.15) is 18.4 Å². The third-order valence-corrected chi connectivity index (χ3v) is 4.94. The van der Waals surface area contributed by atoms with Crippen molar-refractivity contribution in [3.8, 4) is 0 Å². The zero-order valence-corrected chi connectivity index (χ0v) is 14.9. The number of carbonyl (C=O) groups is 1. The molecule has 3 nitrogen and oxygen atoms in total. The summed E-state index contributed by atoms with van der Waals surface area (Å²) in [5, 5.41) is 2.54. The van der Waals surface area contributed by atoms with Crippen molar-refractivity contribution in [2.24, 2.45) is 5.92 Å². The number of benzene rings is 2. The van der Waals surface area contributed by atoms with Gasteiger partial charge in [-0.05, 0) is 43.2 Å². The van der Waals surface area contributed by atoms with E-state index in [9.17, 15) is 22.4 Å². The van der Waals surface area contributed by atoms with Gasteiger partial charge < -0.3 is 10.2 Å². The van der Waals surface area contributed by atoms with Crippen molar-refractivity contribution in [2.75, 3.05) is 23.3 Å². The third kappa shape index (κ3) is 4.53. The molecule has 1 N–H and O–H groups in total. The minimum Gasteiger partial charge on any atom is -0.369 e. The van der Waals surface area contributed by atoms with Gasteiger partial charge in [-0.1, -0.05) is 23.7 Å². The van der Waals surface area contributed by atoms with E-state index < -0.39 is 11.7 Å². The van der Waals surface area contributed by atoms with E-state index in [0.717, 1.165) is 18.2 Å². The first kappa shape index (κ1) is 19.5. The summed E-state index contributed by atoms with van der Waals surface area (Å²) < 4.78 is 52.4. The number of carbonyl (C=O) groups excluding carboxylic acids is 1. The second-order valence-corrected chi connectivity index (χ2v) is 6.80. The topological polar surface area (TPSA) is 32.3 Å². The summed E-state index contributed by atoms with van der Waals surface area (Å²) in [6.07, 6.45) is -3.58. The second kappa shape index (κ2) is 7.76. The van der Waals surface area contributed by atoms with Crippen LogP contribution >= 0.6 is 11.6 Å². The van der Waals surface area contributed by atoms with Crippen molar-refractivity contribution < 1.29 is 22.4 Å². The molecule has 2 aromatic carbocycles. The molecule has 2 aromatic rings. The van der Waals surface area contributed by atoms with Crippen molar-refractivity contribution >= 4 is 28.9 Å². The molecule has 0 spiro atoms. The molecule has 3 rings (SSSR count). The van der Waals surface area contributed by atoms with E-state index in [4.69, 9.17) is 11.6 Å². The molecule has 0 bridgehead atoms. The number of anilines is 2. The van der Waals surface area contributed by atoms with E-state index in [0.29, 0.717) is 31.6 Å². The predicted molar refractivity (Wildman–Crippen MR) is 96.4 cm³/mol. The second-order valence-electron chi connectivity index (χ2n) is 6.39. The van der Waals surface area contributed by atoms with Crippen LogP contribution in [0.25, 0.3) is 0 Å². The Hall–Kier alpha value is -2.28. The molecule has 0 unspecified atom stereocenters. The first-order valence-corrected chi connectivity index (χ1v) is 8.80. The SMILES string of the molecule is O=C(Nc1cc(C(F)(F)F)ccc1Cl)C1CCN(c2ccccc2F)CC1. The van der Waals surface area contributed by atoms with Gasteiger partial charge in [-0.15, -0.1) is 0 Å². The van der Waals surface area contributed by atoms with Gasteiger partial charge in [-0.2, -0.15) is 13.2 Å². The summed E-state index contributed by atoms with van der Waals surface area (Å²) in [6.45, 7) is 0.963. The Morgan fingerprint density at radius 3 is 2.41 bits per heavy atom. The summed E-state index contributed by atoms with van der Waals surface area (Å²) in [6, 6.07) is 9.22. The van der Waals surface area contributed by atoms with E-state index >= 15 is 0 Å². The number of piperidine rings is 1. The number of para-hydroxylation sites is 1. The monoisotopic (exact) mass is 400 g/mol. The Morgan fingerprint density at radius 1 is 1.11 bits per heavy atom. The molecule has 8 heteroatoms. The number of hydrogen-bond donors (Lipinski definition) is 1. The molecule has 1 heterocycles. The van der Waals surface area contributed by atoms with Gasteiger partial charge in [0, 0.05) is 19.0 Å². The smallest absolute Gasteiger partial charge is 0.369 e. The average Bonchev–Trinajstić information content (AvgIpc) is 2.63. The molecule has 0 saturated carbocycles. The minimum absolute atomic E-state index is 0.0418. The van der Waals surface area contributed by atoms with Crippen molar-refractivity contribution in [3.05, 3.63) is 58.9 Å². The van der Waals surface area contributed by atoms with E-state index in [1.54, 1.807) is 18.2 Å². The molecule has 1 fully saturated rings. The number of amides is 1. The average molecular weight is 401 g/mol. The van der Waals surface area contributed by atoms with Crippen molar-refractivity contribution in [2.45, 2.75) is 19.0 Å². The highest BCUT2D eigenvalue weighted by Gasteiger charge is 2.32. The van der Waals surface area contributed by atoms with Crippen LogP contribution in [0, 0.1) is 11.7 Å². The normalized spacial score (nSPS) is 15.7. The minimum atomic E-state index is -4.52. The van der Waals surface area contributed by atoms with Gasteiger partial charge in [-0.25, -0.2) is 4.39 Å². The summed E-state index contributed by atoms with van der Waals surface area (Å²) in [5.74, 6) is -1.08. The molecule has 27 heavy (non-hydrogen) atoms. The number of nitrogens with zero attached hydrogens (tertiary/aromatic N) is 1. The highest BCUT2D eigenvalue weighted by Crippen LogP contribution is 2.34. The molecular weight excluding hydrogens is 384 g/mol. The molecule has 1 saturated heterocycles. The molecule has 144 valence electrons. The van der Waals surface area contributed by atoms with Crippen LogP contribution in [0.3, 0.4) is 0 Å². The lowest BCUT2D eigenvalue weighted by atomic mass is 9.95. The number of hydrogen-bond acceptors (Lipinski definition) is 2. The predicted octanol–water partition coefficient (Wildman–Crippen LogP) is 5.35. The summed E-state index contributed by atoms with van der Waals surface area (Å²) >= 11 is 5.92. The van der Waals surface area contributed by atoms with E-state index in [-0.39, 0.29) is 28.4 Å². The fraction of sp³-hybridized carbons (Fsp3) is 0.316. The fourth-order valence-corrected chi connectivity index (χ4v) is 3.29. The van der Waals surface area contributed by atoms with Gasteiger partial charge >= 0.3 is 6.18 Å². The molecule has 0 aromatic heterocycles. The number of nitrogens with one attached hydrogen (secondary N) is 1. The highest BCUT2D eigenvalue weighted by atomic mass is 35.5. The first-order chi connectivity index (χ1) is 12.8. The Labute approximate surface area is 158 Å². The number of halogens is 5. The van der Waals surface area contributed by atoms with Crippen LogP contribution < -0.4 is 10.2 Å². The van der Waals surface area contributed by atoms with Gasteiger partial charge in [-0.3, -0.25) is 4.79 Å². The molecule has 1 aliphatic rings. The Kier molecular flexibility index (Phi) is 5.60. The third-order valence-electron chi connectivity index (χ3n) is 4.61. The van der Waals surface area contributed by atoms with Gasteiger partial charge in [0.15, 0.2) is 0 Å². The Balaban J connectivity index is 1.64. The van der Waals surface area contributed by atoms with Crippen LogP contribution in [0.5, 0.6) is 0 Å². The largest absolute Gasteiger partial charge is 0.416 e. The lowest BCUT2D eigenvalue weighted by Gasteiger charge is -2.33. The zero-order chi connectivity index (χ0) is 19.6. The maximum Gasteiger partial charge on any atom is 0.416 e. The Morgan fingerprint density at radius 2 is 1.78 bits per heavy atom. The summed E-state index contributed by atoms with van der Waals surface area (Å²) in [7, 11) is 0. The van der Waals surface area contributed by atoms with Gasteiger partial charge in [0.25, 0.3) is 0 Å². The first-order valence-electron chi connectivity index (χ1n) is 8.43. The molecule has 0 radical (unpaired) electrons. The molecular formula is C19H17ClF4N2O. The van der Waals surface area contributed by atoms with E-state index in [1.165, 1.54) is 6.07 Å². The van der Waals surface area contributed by atoms with Gasteiger partial charge in [0.1, 0.15) is 5.82 Å². The maximum absolute atomic E-state index is 13.9. The van der Waals surface area contributed by atoms with Gasteiger partial charge in [0.05, 0.1) is 22.0 Å². The maximum atomic E-state index is 13.9. The van der Waals surface area contributed by atoms with Crippen LogP contribution in [0.2, 0.25) is 5.02 Å². The van der Waals surface area contributed by atoms with Crippen LogP contribution in [-0.2, 0) is 11.0 Å². The highest BCUT2D eigenvalue weighted by molar-refractivity contribution is 6.33. The lowest BCUT2D eigenvalue weighted by Crippen LogP contribution is -2.38. The summed E-state index contributed by atoms with van der Waals surface area (Å²) in [4.78, 5) is 14.3. The zero-order valence-electron chi connectivity index (χ0n) is 14.2. The Bertz CT molecular complexity index is 833. The molecule has 1 aliphatic heterocycles. The quantitative estimate of drug-likeness (QED) is 0.704. The van der Waals surface area contributed by atoms with Crippen LogP contribution in [-0.4, -0.2) is 19.0 Å². The van der Waals surface area contributed by atoms with Crippen molar-refractivity contribution in [1.29, 1.82) is 0 Å². The van der Waals surface area contributed by atoms with E-state index in [2.05, 4.69) is 5.32 Å². The van der Waals surface area contributed by atoms with Crippen LogP contribution in [0.15, 0.2) is 42.5 Å². The summed E-state index contributed by atoms with van der Waals surface area (Å²) in [5.41, 5.74) is -0.457. The fourth-order valence-electron chi connectivity index (χ4n) is 3.12. The van der Waals surface area contributed by atoms with Crippen molar-refractivity contribution in [1.82, 2.24) is 0 Å². The van der Waals surface area contributed by atoms with Gasteiger partial charge in [0.2, 0.25) is 5.91 Å².